The quantitative estimate of drug-likeness (QED) is 0.843. The van der Waals surface area contributed by atoms with E-state index in [4.69, 9.17) is 9.47 Å². The molecule has 0 aliphatic carbocycles. The van der Waals surface area contributed by atoms with Gasteiger partial charge < -0.3 is 14.8 Å². The second kappa shape index (κ2) is 5.96. The monoisotopic (exact) mass is 273 g/mol. The van der Waals surface area contributed by atoms with Crippen molar-refractivity contribution < 1.29 is 9.47 Å². The molecule has 1 aromatic carbocycles. The van der Waals surface area contributed by atoms with Gasteiger partial charge in [-0.15, -0.1) is 0 Å². The molecule has 0 spiro atoms. The Kier molecular flexibility index (Phi) is 3.87. The molecule has 0 saturated heterocycles. The Morgan fingerprint density at radius 3 is 3.05 bits per heavy atom. The zero-order valence-corrected chi connectivity index (χ0v) is 11.6. The van der Waals surface area contributed by atoms with Crippen LogP contribution in [0, 0.1) is 6.92 Å². The van der Waals surface area contributed by atoms with E-state index in [0.717, 1.165) is 36.7 Å². The molecule has 0 radical (unpaired) electrons. The number of aryl methyl sites for hydroxylation is 1. The van der Waals surface area contributed by atoms with Crippen LogP contribution in [0.2, 0.25) is 0 Å². The Balaban J connectivity index is 1.53. The molecule has 106 valence electrons. The Bertz CT molecular complexity index is 580. The fourth-order valence-corrected chi connectivity index (χ4v) is 2.28. The second-order valence-corrected chi connectivity index (χ2v) is 4.90. The predicted molar refractivity (Wildman–Crippen MR) is 76.1 cm³/mol. The Morgan fingerprint density at radius 2 is 2.20 bits per heavy atom. The standard InChI is InChI=1S/C15H19N3O2/c1-12-9-17-18(11-12)6-5-16-10-13-3-2-4-14-15(13)20-8-7-19-14/h2-4,9,11,16H,5-8,10H2,1H3. The molecule has 2 aromatic rings. The molecule has 1 aromatic heterocycles. The van der Waals surface area contributed by atoms with Crippen LogP contribution in [-0.2, 0) is 13.1 Å². The summed E-state index contributed by atoms with van der Waals surface area (Å²) in [6, 6.07) is 6.02. The normalized spacial score (nSPS) is 13.4. The lowest BCUT2D eigenvalue weighted by Gasteiger charge is -2.21. The van der Waals surface area contributed by atoms with Gasteiger partial charge in [0.1, 0.15) is 13.2 Å². The van der Waals surface area contributed by atoms with Crippen LogP contribution in [0.3, 0.4) is 0 Å². The van der Waals surface area contributed by atoms with Crippen LogP contribution < -0.4 is 14.8 Å². The molecule has 1 N–H and O–H groups in total. The van der Waals surface area contributed by atoms with Gasteiger partial charge in [0.25, 0.3) is 0 Å². The van der Waals surface area contributed by atoms with Crippen molar-refractivity contribution in [2.75, 3.05) is 19.8 Å². The zero-order chi connectivity index (χ0) is 13.8. The SMILES string of the molecule is Cc1cnn(CCNCc2cccc3c2OCCO3)c1. The van der Waals surface area contributed by atoms with Crippen LogP contribution in [0.15, 0.2) is 30.6 Å². The number of nitrogens with zero attached hydrogens (tertiary/aromatic N) is 2. The number of aromatic nitrogens is 2. The van der Waals surface area contributed by atoms with Gasteiger partial charge in [0.2, 0.25) is 0 Å². The van der Waals surface area contributed by atoms with E-state index in [1.165, 1.54) is 5.56 Å². The number of benzene rings is 1. The largest absolute Gasteiger partial charge is 0.486 e. The molecule has 5 heteroatoms. The van der Waals surface area contributed by atoms with Crippen LogP contribution in [0.4, 0.5) is 0 Å². The van der Waals surface area contributed by atoms with E-state index in [2.05, 4.69) is 16.5 Å². The maximum Gasteiger partial charge on any atom is 0.165 e. The second-order valence-electron chi connectivity index (χ2n) is 4.90. The van der Waals surface area contributed by atoms with E-state index in [-0.39, 0.29) is 0 Å². The van der Waals surface area contributed by atoms with Crippen molar-refractivity contribution in [3.63, 3.8) is 0 Å². The fourth-order valence-electron chi connectivity index (χ4n) is 2.28. The molecule has 1 aliphatic rings. The lowest BCUT2D eigenvalue weighted by molar-refractivity contribution is 0.169. The van der Waals surface area contributed by atoms with Gasteiger partial charge in [-0.05, 0) is 18.6 Å². The molecular formula is C15H19N3O2. The number of rotatable bonds is 5. The first-order chi connectivity index (χ1) is 9.83. The van der Waals surface area contributed by atoms with Crippen molar-refractivity contribution in [1.82, 2.24) is 15.1 Å². The van der Waals surface area contributed by atoms with Crippen molar-refractivity contribution in [2.45, 2.75) is 20.0 Å². The highest BCUT2D eigenvalue weighted by atomic mass is 16.6. The number of para-hydroxylation sites is 1. The van der Waals surface area contributed by atoms with Crippen molar-refractivity contribution in [1.29, 1.82) is 0 Å². The molecule has 0 fully saturated rings. The summed E-state index contributed by atoms with van der Waals surface area (Å²) in [7, 11) is 0. The van der Waals surface area contributed by atoms with Gasteiger partial charge >= 0.3 is 0 Å². The number of nitrogens with one attached hydrogen (secondary N) is 1. The molecule has 2 heterocycles. The molecular weight excluding hydrogens is 254 g/mol. The van der Waals surface area contributed by atoms with Gasteiger partial charge in [-0.1, -0.05) is 12.1 Å². The van der Waals surface area contributed by atoms with Gasteiger partial charge in [0.15, 0.2) is 11.5 Å². The zero-order valence-electron chi connectivity index (χ0n) is 11.6. The smallest absolute Gasteiger partial charge is 0.165 e. The van der Waals surface area contributed by atoms with E-state index >= 15 is 0 Å². The van der Waals surface area contributed by atoms with E-state index < -0.39 is 0 Å². The summed E-state index contributed by atoms with van der Waals surface area (Å²) in [5.41, 5.74) is 2.33. The summed E-state index contributed by atoms with van der Waals surface area (Å²) in [4.78, 5) is 0. The van der Waals surface area contributed by atoms with Crippen LogP contribution in [0.25, 0.3) is 0 Å². The third-order valence-corrected chi connectivity index (χ3v) is 3.24. The van der Waals surface area contributed by atoms with E-state index in [0.29, 0.717) is 13.2 Å². The molecule has 0 bridgehead atoms. The molecule has 20 heavy (non-hydrogen) atoms. The van der Waals surface area contributed by atoms with Crippen LogP contribution in [0.1, 0.15) is 11.1 Å². The average molecular weight is 273 g/mol. The Hall–Kier alpha value is -2.01. The van der Waals surface area contributed by atoms with E-state index in [1.54, 1.807) is 0 Å². The van der Waals surface area contributed by atoms with Crippen molar-refractivity contribution >= 4 is 0 Å². The Morgan fingerprint density at radius 1 is 1.30 bits per heavy atom. The fraction of sp³-hybridized carbons (Fsp3) is 0.400. The maximum atomic E-state index is 5.69. The third kappa shape index (κ3) is 2.93. The minimum absolute atomic E-state index is 0.622. The van der Waals surface area contributed by atoms with Crippen LogP contribution in [0.5, 0.6) is 11.5 Å². The minimum atomic E-state index is 0.622. The highest BCUT2D eigenvalue weighted by Gasteiger charge is 2.14. The minimum Gasteiger partial charge on any atom is -0.486 e. The highest BCUT2D eigenvalue weighted by Crippen LogP contribution is 2.33. The van der Waals surface area contributed by atoms with Gasteiger partial charge in [0, 0.05) is 24.8 Å². The van der Waals surface area contributed by atoms with Gasteiger partial charge in [-0.2, -0.15) is 5.10 Å². The molecule has 0 saturated carbocycles. The molecule has 5 nitrogen and oxygen atoms in total. The first kappa shape index (κ1) is 13.0. The summed E-state index contributed by atoms with van der Waals surface area (Å²) in [6.45, 7) is 5.79. The van der Waals surface area contributed by atoms with E-state index in [1.807, 2.05) is 36.1 Å². The highest BCUT2D eigenvalue weighted by molar-refractivity contribution is 5.47. The number of hydrogen-bond acceptors (Lipinski definition) is 4. The number of fused-ring (bicyclic) bond motifs is 1. The Labute approximate surface area is 118 Å². The van der Waals surface area contributed by atoms with Gasteiger partial charge in [0.05, 0.1) is 12.7 Å². The molecule has 0 atom stereocenters. The summed E-state index contributed by atoms with van der Waals surface area (Å²) in [5, 5.41) is 7.68. The summed E-state index contributed by atoms with van der Waals surface area (Å²) in [5.74, 6) is 1.72. The molecule has 0 unspecified atom stereocenters. The lowest BCUT2D eigenvalue weighted by Crippen LogP contribution is -2.22. The summed E-state index contributed by atoms with van der Waals surface area (Å²) < 4.78 is 13.2. The van der Waals surface area contributed by atoms with E-state index in [9.17, 15) is 0 Å². The number of ether oxygens (including phenoxy) is 2. The van der Waals surface area contributed by atoms with Gasteiger partial charge in [-0.25, -0.2) is 0 Å². The first-order valence-electron chi connectivity index (χ1n) is 6.90. The average Bonchev–Trinajstić information content (AvgIpc) is 2.89. The molecule has 0 amide bonds. The van der Waals surface area contributed by atoms with Gasteiger partial charge in [-0.3, -0.25) is 4.68 Å². The maximum absolute atomic E-state index is 5.69. The third-order valence-electron chi connectivity index (χ3n) is 3.24. The summed E-state index contributed by atoms with van der Waals surface area (Å²) in [6.07, 6.45) is 3.92. The topological polar surface area (TPSA) is 48.3 Å². The van der Waals surface area contributed by atoms with Crippen molar-refractivity contribution in [3.8, 4) is 11.5 Å². The lowest BCUT2D eigenvalue weighted by atomic mass is 10.1. The van der Waals surface area contributed by atoms with Crippen molar-refractivity contribution in [3.05, 3.63) is 41.7 Å². The van der Waals surface area contributed by atoms with Crippen LogP contribution >= 0.6 is 0 Å². The molecule has 3 rings (SSSR count). The molecule has 1 aliphatic heterocycles. The van der Waals surface area contributed by atoms with Crippen molar-refractivity contribution in [2.24, 2.45) is 0 Å². The number of hydrogen-bond donors (Lipinski definition) is 1. The predicted octanol–water partition coefficient (Wildman–Crippen LogP) is 1.75. The van der Waals surface area contributed by atoms with Crippen LogP contribution in [-0.4, -0.2) is 29.5 Å². The first-order valence-corrected chi connectivity index (χ1v) is 6.90. The summed E-state index contributed by atoms with van der Waals surface area (Å²) >= 11 is 0.